The third-order valence-electron chi connectivity index (χ3n) is 1.62. The van der Waals surface area contributed by atoms with Gasteiger partial charge in [-0.3, -0.25) is 4.79 Å². The first-order valence-electron chi connectivity index (χ1n) is 3.65. The molecular formula is C8H7NO3S. The second-order valence-electron chi connectivity index (χ2n) is 2.50. The van der Waals surface area contributed by atoms with Gasteiger partial charge in [-0.15, -0.1) is 0 Å². The van der Waals surface area contributed by atoms with Crippen molar-refractivity contribution in [2.45, 2.75) is 0 Å². The zero-order chi connectivity index (χ0) is 9.26. The van der Waals surface area contributed by atoms with Gasteiger partial charge in [-0.1, -0.05) is 12.6 Å². The molecule has 0 aliphatic carbocycles. The number of fused-ring (bicyclic) bond motifs is 1. The third-order valence-corrected chi connectivity index (χ3v) is 1.74. The molecule has 1 amide bonds. The van der Waals surface area contributed by atoms with E-state index in [-0.39, 0.29) is 6.79 Å². The van der Waals surface area contributed by atoms with Crippen molar-refractivity contribution in [1.29, 1.82) is 0 Å². The van der Waals surface area contributed by atoms with Crippen LogP contribution in [0.5, 0.6) is 11.5 Å². The number of benzene rings is 1. The lowest BCUT2D eigenvalue weighted by Gasteiger charge is -2.01. The van der Waals surface area contributed by atoms with Gasteiger partial charge in [0.15, 0.2) is 11.5 Å². The summed E-state index contributed by atoms with van der Waals surface area (Å²) in [6, 6.07) is 5.15. The lowest BCUT2D eigenvalue weighted by atomic mass is 10.3. The van der Waals surface area contributed by atoms with E-state index in [1.165, 1.54) is 0 Å². The van der Waals surface area contributed by atoms with E-state index in [9.17, 15) is 4.79 Å². The number of rotatable bonds is 1. The number of ether oxygens (including phenoxy) is 2. The van der Waals surface area contributed by atoms with Crippen LogP contribution in [0.25, 0.3) is 0 Å². The van der Waals surface area contributed by atoms with Gasteiger partial charge in [-0.25, -0.2) is 0 Å². The molecule has 0 atom stereocenters. The van der Waals surface area contributed by atoms with Crippen LogP contribution in [0.2, 0.25) is 0 Å². The van der Waals surface area contributed by atoms with Crippen molar-refractivity contribution < 1.29 is 14.3 Å². The molecule has 1 N–H and O–H groups in total. The zero-order valence-corrected chi connectivity index (χ0v) is 7.51. The molecule has 0 saturated heterocycles. The number of nitrogens with one attached hydrogen (secondary N) is 1. The van der Waals surface area contributed by atoms with Gasteiger partial charge >= 0.3 is 0 Å². The molecule has 1 aromatic carbocycles. The Morgan fingerprint density at radius 3 is 2.92 bits per heavy atom. The van der Waals surface area contributed by atoms with Crippen LogP contribution in [0, 0.1) is 0 Å². The van der Waals surface area contributed by atoms with Gasteiger partial charge in [-0.05, 0) is 12.1 Å². The van der Waals surface area contributed by atoms with Crippen molar-refractivity contribution in [2.75, 3.05) is 12.1 Å². The minimum atomic E-state index is -0.404. The lowest BCUT2D eigenvalue weighted by molar-refractivity contribution is 0.174. The fourth-order valence-electron chi connectivity index (χ4n) is 1.10. The van der Waals surface area contributed by atoms with Crippen molar-refractivity contribution in [1.82, 2.24) is 0 Å². The molecular weight excluding hydrogens is 190 g/mol. The van der Waals surface area contributed by atoms with Crippen LogP contribution in [-0.2, 0) is 0 Å². The van der Waals surface area contributed by atoms with Crippen LogP contribution >= 0.6 is 12.6 Å². The molecule has 13 heavy (non-hydrogen) atoms. The smallest absolute Gasteiger partial charge is 0.280 e. The largest absolute Gasteiger partial charge is 0.454 e. The van der Waals surface area contributed by atoms with Gasteiger partial charge < -0.3 is 14.8 Å². The molecule has 0 saturated carbocycles. The van der Waals surface area contributed by atoms with Gasteiger partial charge in [0.2, 0.25) is 6.79 Å². The topological polar surface area (TPSA) is 47.6 Å². The Morgan fingerprint density at radius 2 is 2.15 bits per heavy atom. The SMILES string of the molecule is O=C(S)Nc1ccc2c(c1)OCO2. The van der Waals surface area contributed by atoms with Crippen molar-refractivity contribution in [3.8, 4) is 11.5 Å². The molecule has 0 fully saturated rings. The van der Waals surface area contributed by atoms with Gasteiger partial charge in [0.05, 0.1) is 0 Å². The molecule has 68 valence electrons. The second-order valence-corrected chi connectivity index (χ2v) is 2.90. The highest BCUT2D eigenvalue weighted by molar-refractivity contribution is 7.96. The van der Waals surface area contributed by atoms with Crippen LogP contribution in [-0.4, -0.2) is 12.0 Å². The summed E-state index contributed by atoms with van der Waals surface area (Å²) in [4.78, 5) is 10.6. The average Bonchev–Trinajstić information content (AvgIpc) is 2.49. The molecule has 4 nitrogen and oxygen atoms in total. The van der Waals surface area contributed by atoms with E-state index in [1.807, 2.05) is 0 Å². The number of hydrogen-bond acceptors (Lipinski definition) is 3. The van der Waals surface area contributed by atoms with Crippen molar-refractivity contribution in [3.63, 3.8) is 0 Å². The quantitative estimate of drug-likeness (QED) is 0.676. The highest BCUT2D eigenvalue weighted by atomic mass is 32.1. The maximum atomic E-state index is 10.6. The van der Waals surface area contributed by atoms with Gasteiger partial charge in [0, 0.05) is 11.8 Å². The van der Waals surface area contributed by atoms with E-state index in [2.05, 4.69) is 17.9 Å². The molecule has 5 heteroatoms. The number of carbonyl (C=O) groups excluding carboxylic acids is 1. The zero-order valence-electron chi connectivity index (χ0n) is 6.61. The molecule has 0 bridgehead atoms. The summed E-state index contributed by atoms with van der Waals surface area (Å²) in [6.45, 7) is 0.230. The minimum absolute atomic E-state index is 0.230. The monoisotopic (exact) mass is 197 g/mol. The molecule has 0 radical (unpaired) electrons. The predicted molar refractivity (Wildman–Crippen MR) is 50.6 cm³/mol. The molecule has 1 aliphatic heterocycles. The second kappa shape index (κ2) is 3.18. The van der Waals surface area contributed by atoms with Crippen LogP contribution in [0.15, 0.2) is 18.2 Å². The molecule has 1 aliphatic rings. The Labute approximate surface area is 80.2 Å². The van der Waals surface area contributed by atoms with Crippen molar-refractivity contribution in [2.24, 2.45) is 0 Å². The summed E-state index contributed by atoms with van der Waals surface area (Å²) in [5.41, 5.74) is 0.643. The molecule has 1 aromatic rings. The normalized spacial score (nSPS) is 12.7. The lowest BCUT2D eigenvalue weighted by Crippen LogP contribution is -2.00. The molecule has 1 heterocycles. The van der Waals surface area contributed by atoms with E-state index in [0.29, 0.717) is 17.2 Å². The van der Waals surface area contributed by atoms with Gasteiger partial charge in [0.1, 0.15) is 0 Å². The first-order valence-corrected chi connectivity index (χ1v) is 4.10. The summed E-state index contributed by atoms with van der Waals surface area (Å²) in [5, 5.41) is 2.12. The van der Waals surface area contributed by atoms with Crippen LogP contribution in [0.1, 0.15) is 0 Å². The molecule has 0 unspecified atom stereocenters. The summed E-state index contributed by atoms with van der Waals surface area (Å²) in [7, 11) is 0. The molecule has 0 aromatic heterocycles. The first-order chi connectivity index (χ1) is 6.25. The van der Waals surface area contributed by atoms with Crippen molar-refractivity contribution in [3.05, 3.63) is 18.2 Å². The Bertz CT molecular complexity index is 353. The highest BCUT2D eigenvalue weighted by Gasteiger charge is 2.13. The first kappa shape index (κ1) is 8.25. The fraction of sp³-hybridized carbons (Fsp3) is 0.125. The van der Waals surface area contributed by atoms with Crippen LogP contribution in [0.3, 0.4) is 0 Å². The maximum absolute atomic E-state index is 10.6. The highest BCUT2D eigenvalue weighted by Crippen LogP contribution is 2.34. The van der Waals surface area contributed by atoms with Gasteiger partial charge in [0.25, 0.3) is 5.24 Å². The Morgan fingerprint density at radius 1 is 1.38 bits per heavy atom. The summed E-state index contributed by atoms with van der Waals surface area (Å²) < 4.78 is 10.2. The van der Waals surface area contributed by atoms with Crippen LogP contribution in [0.4, 0.5) is 10.5 Å². The maximum Gasteiger partial charge on any atom is 0.280 e. The summed E-state index contributed by atoms with van der Waals surface area (Å²) in [6.07, 6.45) is 0. The number of anilines is 1. The van der Waals surface area contributed by atoms with E-state index < -0.39 is 5.24 Å². The van der Waals surface area contributed by atoms with Crippen LogP contribution < -0.4 is 14.8 Å². The number of hydrogen-bond donors (Lipinski definition) is 2. The van der Waals surface area contributed by atoms with E-state index in [4.69, 9.17) is 9.47 Å². The number of amides is 1. The third kappa shape index (κ3) is 1.70. The van der Waals surface area contributed by atoms with E-state index in [0.717, 1.165) is 0 Å². The Kier molecular flexibility index (Phi) is 2.02. The Hall–Kier alpha value is -1.36. The number of carbonyl (C=O) groups is 1. The number of thiol groups is 1. The van der Waals surface area contributed by atoms with Crippen molar-refractivity contribution >= 4 is 23.6 Å². The Balaban J connectivity index is 2.25. The van der Waals surface area contributed by atoms with E-state index >= 15 is 0 Å². The summed E-state index contributed by atoms with van der Waals surface area (Å²) in [5.74, 6) is 1.33. The standard InChI is InChI=1S/C8H7NO3S/c10-8(13)9-5-1-2-6-7(3-5)12-4-11-6/h1-3H,4H2,(H2,9,10,13). The minimum Gasteiger partial charge on any atom is -0.454 e. The molecule has 2 rings (SSSR count). The fourth-order valence-corrected chi connectivity index (χ4v) is 1.23. The average molecular weight is 197 g/mol. The molecule has 0 spiro atoms. The van der Waals surface area contributed by atoms with Gasteiger partial charge in [-0.2, -0.15) is 0 Å². The predicted octanol–water partition coefficient (Wildman–Crippen LogP) is 1.88. The van der Waals surface area contributed by atoms with E-state index in [1.54, 1.807) is 18.2 Å². The summed E-state index contributed by atoms with van der Waals surface area (Å²) >= 11 is 3.59.